The molecule has 1 fully saturated rings. The van der Waals surface area contributed by atoms with Gasteiger partial charge in [-0.1, -0.05) is 24.6 Å². The van der Waals surface area contributed by atoms with Gasteiger partial charge in [-0.15, -0.1) is 0 Å². The Morgan fingerprint density at radius 2 is 1.71 bits per heavy atom. The number of nitrogens with one attached hydrogen (secondary N) is 2. The molecule has 2 heterocycles. The lowest BCUT2D eigenvalue weighted by molar-refractivity contribution is -0.131. The number of carbonyl (C=O) groups excluding carboxylic acids is 2. The van der Waals surface area contributed by atoms with Crippen LogP contribution in [0, 0.1) is 23.4 Å². The zero-order valence-corrected chi connectivity index (χ0v) is 23.3. The van der Waals surface area contributed by atoms with Crippen molar-refractivity contribution in [2.75, 3.05) is 12.4 Å². The van der Waals surface area contributed by atoms with Gasteiger partial charge < -0.3 is 20.1 Å². The highest BCUT2D eigenvalue weighted by molar-refractivity contribution is 6.31. The molecule has 2 N–H and O–H groups in total. The van der Waals surface area contributed by atoms with Crippen molar-refractivity contribution in [3.63, 3.8) is 0 Å². The maximum atomic E-state index is 15.4. The minimum Gasteiger partial charge on any atom is -0.497 e. The number of benzene rings is 3. The lowest BCUT2D eigenvalue weighted by Gasteiger charge is -2.46. The fourth-order valence-corrected chi connectivity index (χ4v) is 6.53. The first-order chi connectivity index (χ1) is 20.1. The van der Waals surface area contributed by atoms with E-state index in [1.165, 1.54) is 18.2 Å². The molecule has 5 atom stereocenters. The summed E-state index contributed by atoms with van der Waals surface area (Å²) in [6, 6.07) is 10.3. The van der Waals surface area contributed by atoms with Gasteiger partial charge in [0.15, 0.2) is 0 Å². The SMILES string of the molecule is COC1=CC(C)C(Oc2ccc(F)cc2[C@H]2NC(=O)C[C@@H](c3cc(F)ccc3F)[C@]23C(=O)Nc2cc(Cl)ccc23)C=C1. The van der Waals surface area contributed by atoms with Crippen LogP contribution < -0.4 is 15.4 Å². The Hall–Kier alpha value is -4.24. The van der Waals surface area contributed by atoms with Gasteiger partial charge in [0.1, 0.15) is 40.5 Å². The van der Waals surface area contributed by atoms with Gasteiger partial charge in [0.2, 0.25) is 11.8 Å². The van der Waals surface area contributed by atoms with Crippen molar-refractivity contribution in [2.24, 2.45) is 5.92 Å². The van der Waals surface area contributed by atoms with E-state index in [-0.39, 0.29) is 29.2 Å². The topological polar surface area (TPSA) is 76.7 Å². The smallest absolute Gasteiger partial charge is 0.238 e. The van der Waals surface area contributed by atoms with Gasteiger partial charge in [-0.25, -0.2) is 13.2 Å². The number of piperidine rings is 1. The van der Waals surface area contributed by atoms with Crippen LogP contribution in [-0.4, -0.2) is 25.0 Å². The Morgan fingerprint density at radius 3 is 2.45 bits per heavy atom. The number of hydrogen-bond acceptors (Lipinski definition) is 4. The maximum Gasteiger partial charge on any atom is 0.238 e. The largest absolute Gasteiger partial charge is 0.497 e. The quantitative estimate of drug-likeness (QED) is 0.355. The number of carbonyl (C=O) groups is 2. The molecule has 0 saturated carbocycles. The summed E-state index contributed by atoms with van der Waals surface area (Å²) in [7, 11) is 1.56. The van der Waals surface area contributed by atoms with Crippen LogP contribution in [0.2, 0.25) is 5.02 Å². The molecule has 3 aliphatic rings. The van der Waals surface area contributed by atoms with E-state index >= 15 is 4.39 Å². The van der Waals surface area contributed by atoms with Gasteiger partial charge >= 0.3 is 0 Å². The van der Waals surface area contributed by atoms with E-state index in [9.17, 15) is 18.4 Å². The van der Waals surface area contributed by atoms with Crippen molar-refractivity contribution in [3.05, 3.63) is 118 Å². The summed E-state index contributed by atoms with van der Waals surface area (Å²) < 4.78 is 56.6. The van der Waals surface area contributed by atoms with Gasteiger partial charge in [0, 0.05) is 34.5 Å². The number of ether oxygens (including phenoxy) is 2. The molecule has 3 aromatic rings. The predicted octanol–water partition coefficient (Wildman–Crippen LogP) is 6.48. The number of halogens is 4. The molecule has 2 unspecified atom stereocenters. The van der Waals surface area contributed by atoms with Gasteiger partial charge in [-0.2, -0.15) is 0 Å². The first-order valence-electron chi connectivity index (χ1n) is 13.4. The lowest BCUT2D eigenvalue weighted by atomic mass is 9.59. The molecule has 1 spiro atoms. The predicted molar refractivity (Wildman–Crippen MR) is 151 cm³/mol. The van der Waals surface area contributed by atoms with Crippen LogP contribution >= 0.6 is 11.6 Å². The molecule has 2 amide bonds. The summed E-state index contributed by atoms with van der Waals surface area (Å²) in [5.74, 6) is -3.65. The number of anilines is 1. The summed E-state index contributed by atoms with van der Waals surface area (Å²) >= 11 is 6.24. The van der Waals surface area contributed by atoms with Crippen molar-refractivity contribution < 1.29 is 32.2 Å². The number of amides is 2. The first-order valence-corrected chi connectivity index (χ1v) is 13.8. The maximum absolute atomic E-state index is 15.4. The first kappa shape index (κ1) is 27.9. The molecular weight excluding hydrogens is 569 g/mol. The fourth-order valence-electron chi connectivity index (χ4n) is 6.36. The molecule has 1 aliphatic carbocycles. The van der Waals surface area contributed by atoms with Gasteiger partial charge in [-0.05, 0) is 77.9 Å². The summed E-state index contributed by atoms with van der Waals surface area (Å²) in [5, 5.41) is 6.03. The average Bonchev–Trinajstić information content (AvgIpc) is 3.24. The van der Waals surface area contributed by atoms with E-state index in [0.717, 1.165) is 18.2 Å². The van der Waals surface area contributed by atoms with Crippen LogP contribution in [-0.2, 0) is 19.7 Å². The van der Waals surface area contributed by atoms with Crippen LogP contribution in [0.25, 0.3) is 0 Å². The number of methoxy groups -OCH3 is 1. The van der Waals surface area contributed by atoms with Crippen LogP contribution in [0.3, 0.4) is 0 Å². The molecule has 1 saturated heterocycles. The highest BCUT2D eigenvalue weighted by Gasteiger charge is 2.62. The summed E-state index contributed by atoms with van der Waals surface area (Å²) in [4.78, 5) is 27.5. The minimum absolute atomic E-state index is 0.135. The molecule has 10 heteroatoms. The molecule has 0 radical (unpaired) electrons. The summed E-state index contributed by atoms with van der Waals surface area (Å²) in [6.45, 7) is 1.92. The second kappa shape index (κ2) is 10.5. The van der Waals surface area contributed by atoms with Crippen molar-refractivity contribution in [3.8, 4) is 5.75 Å². The second-order valence-electron chi connectivity index (χ2n) is 10.7. The van der Waals surface area contributed by atoms with E-state index < -0.39 is 52.7 Å². The Balaban J connectivity index is 1.56. The van der Waals surface area contributed by atoms with E-state index in [2.05, 4.69) is 10.6 Å². The number of fused-ring (bicyclic) bond motifs is 2. The zero-order valence-electron chi connectivity index (χ0n) is 22.6. The van der Waals surface area contributed by atoms with E-state index in [1.807, 2.05) is 13.0 Å². The molecule has 0 aromatic heterocycles. The Morgan fingerprint density at radius 1 is 0.976 bits per heavy atom. The molecule has 3 aromatic carbocycles. The molecule has 42 heavy (non-hydrogen) atoms. The van der Waals surface area contributed by atoms with Gasteiger partial charge in [0.25, 0.3) is 0 Å². The normalized spacial score (nSPS) is 26.4. The highest BCUT2D eigenvalue weighted by atomic mass is 35.5. The van der Waals surface area contributed by atoms with Crippen LogP contribution in [0.15, 0.2) is 78.6 Å². The third kappa shape index (κ3) is 4.52. The van der Waals surface area contributed by atoms with Crippen LogP contribution in [0.5, 0.6) is 5.75 Å². The van der Waals surface area contributed by atoms with E-state index in [0.29, 0.717) is 22.0 Å². The standard InChI is InChI=1S/C32H26ClF3N2O4/c1-16-11-20(41-2)6-10-27(16)42-28-9-5-19(35)14-22(28)30-32(23-7-3-17(33)12-26(23)37-31(32)40)24(15-29(39)38-30)21-13-18(34)4-8-25(21)36/h3-14,16,24,27,30H,15H2,1-2H3,(H,37,40)(H,38,39)/t16?,24-,27?,30+,32-/m0/s1. The molecule has 2 aliphatic heterocycles. The number of rotatable bonds is 5. The average molecular weight is 595 g/mol. The Labute approximate surface area is 245 Å². The molecule has 6 rings (SSSR count). The van der Waals surface area contributed by atoms with Gasteiger partial charge in [0.05, 0.1) is 13.2 Å². The number of hydrogen-bond donors (Lipinski definition) is 2. The zero-order chi connectivity index (χ0) is 29.8. The second-order valence-corrected chi connectivity index (χ2v) is 11.1. The number of allylic oxidation sites excluding steroid dienone is 1. The van der Waals surface area contributed by atoms with Crippen LogP contribution in [0.4, 0.5) is 18.9 Å². The molecule has 6 nitrogen and oxygen atoms in total. The summed E-state index contributed by atoms with van der Waals surface area (Å²) in [5.41, 5.74) is -0.927. The molecular formula is C32H26ClF3N2O4. The van der Waals surface area contributed by atoms with Crippen LogP contribution in [0.1, 0.15) is 42.0 Å². The van der Waals surface area contributed by atoms with E-state index in [4.69, 9.17) is 21.1 Å². The third-order valence-electron chi connectivity index (χ3n) is 8.26. The van der Waals surface area contributed by atoms with Crippen molar-refractivity contribution >= 4 is 29.1 Å². The lowest BCUT2D eigenvalue weighted by Crippen LogP contribution is -2.57. The monoisotopic (exact) mass is 594 g/mol. The van der Waals surface area contributed by atoms with E-state index in [1.54, 1.807) is 37.5 Å². The fraction of sp³-hybridized carbons (Fsp3) is 0.250. The summed E-state index contributed by atoms with van der Waals surface area (Å²) in [6.07, 6.45) is 4.63. The Kier molecular flexibility index (Phi) is 7.01. The van der Waals surface area contributed by atoms with Crippen molar-refractivity contribution in [2.45, 2.75) is 36.8 Å². The Bertz CT molecular complexity index is 1680. The van der Waals surface area contributed by atoms with Gasteiger partial charge in [-0.3, -0.25) is 9.59 Å². The molecule has 0 bridgehead atoms. The minimum atomic E-state index is -1.72. The van der Waals surface area contributed by atoms with Crippen molar-refractivity contribution in [1.82, 2.24) is 5.32 Å². The molecule has 216 valence electrons. The highest BCUT2D eigenvalue weighted by Crippen LogP contribution is 2.58. The third-order valence-corrected chi connectivity index (χ3v) is 8.50. The van der Waals surface area contributed by atoms with Crippen molar-refractivity contribution in [1.29, 1.82) is 0 Å².